The maximum absolute atomic E-state index is 14.4. The topological polar surface area (TPSA) is 9.23 Å². The number of alkyl halides is 24. The summed E-state index contributed by atoms with van der Waals surface area (Å²) in [6.07, 6.45) is -42.5. The van der Waals surface area contributed by atoms with E-state index < -0.39 is 109 Å². The minimum Gasteiger partial charge on any atom is -0.354 e. The van der Waals surface area contributed by atoms with Crippen molar-refractivity contribution in [3.8, 4) is 0 Å². The molecule has 0 aliphatic rings. The molecule has 0 rings (SSSR count). The molecule has 0 aromatic carbocycles. The first-order chi connectivity index (χ1) is 19.4. The molecule has 4 unspecified atom stereocenters. The average molecular weight is 726 g/mol. The second-order valence-electron chi connectivity index (χ2n) is 8.81. The van der Waals surface area contributed by atoms with Crippen LogP contribution >= 0.6 is 0 Å². The van der Waals surface area contributed by atoms with Gasteiger partial charge >= 0.3 is 59.7 Å². The van der Waals surface area contributed by atoms with Gasteiger partial charge in [0.2, 0.25) is 0 Å². The SMILES string of the molecule is C=CC(OC(C=C)C(F)(F)C(F)(F)C(F)(F)C(F)(F)C(F)CC(F)(F)F)C(F)(F)C(F)(F)C(F)(F)C(F)(F)C(F)CC(F)(F)F. The van der Waals surface area contributed by atoms with E-state index in [-0.39, 0.29) is 0 Å². The maximum Gasteiger partial charge on any atom is 0.392 e. The van der Waals surface area contributed by atoms with Gasteiger partial charge in [-0.05, 0) is 0 Å². The molecule has 0 heterocycles. The Labute approximate surface area is 233 Å². The summed E-state index contributed by atoms with van der Waals surface area (Å²) in [6.45, 7) is 4.12. The third-order valence-corrected chi connectivity index (χ3v) is 5.51. The average Bonchev–Trinajstić information content (AvgIpc) is 2.81. The van der Waals surface area contributed by atoms with Crippen LogP contribution in [-0.2, 0) is 4.74 Å². The molecule has 1 nitrogen and oxygen atoms in total. The van der Waals surface area contributed by atoms with Gasteiger partial charge in [-0.2, -0.15) is 96.6 Å². The van der Waals surface area contributed by atoms with Gasteiger partial charge in [-0.3, -0.25) is 0 Å². The minimum atomic E-state index is -7.97. The lowest BCUT2D eigenvalue weighted by molar-refractivity contribution is -0.403. The van der Waals surface area contributed by atoms with Crippen molar-refractivity contribution in [1.82, 2.24) is 0 Å². The van der Waals surface area contributed by atoms with Crippen LogP contribution in [0.25, 0.3) is 0 Å². The molecule has 0 saturated heterocycles. The number of ether oxygens (including phenoxy) is 1. The molecule has 45 heavy (non-hydrogen) atoms. The van der Waals surface area contributed by atoms with E-state index in [0.717, 1.165) is 0 Å². The van der Waals surface area contributed by atoms with Gasteiger partial charge in [-0.15, -0.1) is 13.2 Å². The van der Waals surface area contributed by atoms with Gasteiger partial charge in [0.05, 0.1) is 12.8 Å². The van der Waals surface area contributed by atoms with E-state index in [1.165, 1.54) is 0 Å². The molecule has 0 amide bonds. The standard InChI is InChI=1S/C20H14F24O/c1-3-9(15(33,34)19(41,42)17(37,38)13(29,30)7(21)5-11(23,24)25)45-10(4-2)16(35,36)20(43,44)18(39,40)14(31,32)8(22)6-12(26,27)28/h3-4,7-10H,1-2,5-6H2. The molecule has 4 atom stereocenters. The third-order valence-electron chi connectivity index (χ3n) is 5.51. The summed E-state index contributed by atoms with van der Waals surface area (Å²) < 4.78 is 326. The summed E-state index contributed by atoms with van der Waals surface area (Å²) in [5.41, 5.74) is 0. The number of halogens is 24. The third kappa shape index (κ3) is 7.51. The fourth-order valence-electron chi connectivity index (χ4n) is 2.99. The highest BCUT2D eigenvalue weighted by molar-refractivity contribution is 5.15. The molecule has 0 aromatic heterocycles. The molecule has 0 fully saturated rings. The lowest BCUT2D eigenvalue weighted by atomic mass is 9.90. The molecular weight excluding hydrogens is 712 g/mol. The zero-order valence-electron chi connectivity index (χ0n) is 20.8. The van der Waals surface area contributed by atoms with E-state index in [1.807, 2.05) is 0 Å². The van der Waals surface area contributed by atoms with E-state index >= 15 is 0 Å². The highest BCUT2D eigenvalue weighted by atomic mass is 19.4. The summed E-state index contributed by atoms with van der Waals surface area (Å²) in [7, 11) is 0. The molecule has 25 heteroatoms. The fraction of sp³-hybridized carbons (Fsp3) is 0.800. The molecule has 0 radical (unpaired) electrons. The van der Waals surface area contributed by atoms with Gasteiger partial charge in [-0.1, -0.05) is 12.2 Å². The van der Waals surface area contributed by atoms with Gasteiger partial charge in [0.15, 0.2) is 12.3 Å². The van der Waals surface area contributed by atoms with Crippen molar-refractivity contribution in [3.05, 3.63) is 25.3 Å². The van der Waals surface area contributed by atoms with Crippen LogP contribution in [0.1, 0.15) is 12.8 Å². The van der Waals surface area contributed by atoms with Crippen molar-refractivity contribution in [3.63, 3.8) is 0 Å². The summed E-state index contributed by atoms with van der Waals surface area (Å²) in [6, 6.07) is 0. The van der Waals surface area contributed by atoms with Crippen molar-refractivity contribution >= 4 is 0 Å². The molecule has 0 aromatic rings. The minimum absolute atomic E-state index is 1.11. The Morgan fingerprint density at radius 1 is 0.400 bits per heavy atom. The predicted molar refractivity (Wildman–Crippen MR) is 99.8 cm³/mol. The van der Waals surface area contributed by atoms with Crippen molar-refractivity contribution in [2.75, 3.05) is 0 Å². The van der Waals surface area contributed by atoms with Crippen molar-refractivity contribution < 1.29 is 110 Å². The van der Waals surface area contributed by atoms with Crippen molar-refractivity contribution in [1.29, 1.82) is 0 Å². The first-order valence-corrected chi connectivity index (χ1v) is 10.7. The zero-order chi connectivity index (χ0) is 36.8. The van der Waals surface area contributed by atoms with E-state index in [2.05, 4.69) is 17.9 Å². The van der Waals surface area contributed by atoms with Crippen LogP contribution in [0.5, 0.6) is 0 Å². The van der Waals surface area contributed by atoms with E-state index in [0.29, 0.717) is 0 Å². The van der Waals surface area contributed by atoms with Crippen LogP contribution in [-0.4, -0.2) is 84.3 Å². The Hall–Kier alpha value is -2.24. The fourth-order valence-corrected chi connectivity index (χ4v) is 2.99. The molecule has 0 saturated carbocycles. The lowest BCUT2D eigenvalue weighted by Crippen LogP contribution is -2.69. The van der Waals surface area contributed by atoms with Gasteiger partial charge in [0, 0.05) is 0 Å². The maximum atomic E-state index is 14.4. The molecule has 0 bridgehead atoms. The Balaban J connectivity index is 6.79. The highest BCUT2D eigenvalue weighted by Crippen LogP contribution is 2.59. The number of rotatable bonds is 16. The summed E-state index contributed by atoms with van der Waals surface area (Å²) in [5, 5.41) is 0. The molecule has 268 valence electrons. The summed E-state index contributed by atoms with van der Waals surface area (Å²) >= 11 is 0. The molecule has 0 N–H and O–H groups in total. The highest BCUT2D eigenvalue weighted by Gasteiger charge is 2.86. The van der Waals surface area contributed by atoms with Crippen LogP contribution in [0.4, 0.5) is 105 Å². The number of hydrogen-bond acceptors (Lipinski definition) is 1. The summed E-state index contributed by atoms with van der Waals surface area (Å²) in [4.78, 5) is 0. The molecule has 0 aliphatic carbocycles. The van der Waals surface area contributed by atoms with Crippen LogP contribution in [0.15, 0.2) is 25.3 Å². The van der Waals surface area contributed by atoms with Crippen molar-refractivity contribution in [2.45, 2.75) is 97.1 Å². The van der Waals surface area contributed by atoms with Crippen LogP contribution < -0.4 is 0 Å². The lowest BCUT2D eigenvalue weighted by Gasteiger charge is -2.42. The van der Waals surface area contributed by atoms with E-state index in [4.69, 9.17) is 0 Å². The first-order valence-electron chi connectivity index (χ1n) is 10.7. The smallest absolute Gasteiger partial charge is 0.354 e. The quantitative estimate of drug-likeness (QED) is 0.114. The Morgan fingerprint density at radius 2 is 0.600 bits per heavy atom. The van der Waals surface area contributed by atoms with Crippen LogP contribution in [0.2, 0.25) is 0 Å². The summed E-state index contributed by atoms with van der Waals surface area (Å²) in [5.74, 6) is -61.3. The van der Waals surface area contributed by atoms with E-state index in [1.54, 1.807) is 0 Å². The largest absolute Gasteiger partial charge is 0.392 e. The van der Waals surface area contributed by atoms with Crippen LogP contribution in [0.3, 0.4) is 0 Å². The normalized spacial score (nSPS) is 18.3. The van der Waals surface area contributed by atoms with Gasteiger partial charge < -0.3 is 4.74 Å². The molecular formula is C20H14F24O. The zero-order valence-corrected chi connectivity index (χ0v) is 20.8. The Kier molecular flexibility index (Phi) is 11.8. The second kappa shape index (κ2) is 12.4. The molecule has 0 spiro atoms. The van der Waals surface area contributed by atoms with Gasteiger partial charge in [0.25, 0.3) is 0 Å². The molecule has 0 aliphatic heterocycles. The Bertz CT molecular complexity index is 943. The number of hydrogen-bond donors (Lipinski definition) is 0. The first kappa shape index (κ1) is 42.8. The Morgan fingerprint density at radius 3 is 0.778 bits per heavy atom. The predicted octanol–water partition coefficient (Wildman–Crippen LogP) is 9.78. The van der Waals surface area contributed by atoms with Crippen molar-refractivity contribution in [2.24, 2.45) is 0 Å². The monoisotopic (exact) mass is 726 g/mol. The van der Waals surface area contributed by atoms with Gasteiger partial charge in [0.1, 0.15) is 12.2 Å². The van der Waals surface area contributed by atoms with E-state index in [9.17, 15) is 105 Å². The second-order valence-corrected chi connectivity index (χ2v) is 8.81. The van der Waals surface area contributed by atoms with Gasteiger partial charge in [-0.25, -0.2) is 8.78 Å². The van der Waals surface area contributed by atoms with Crippen LogP contribution in [0, 0.1) is 0 Å².